The van der Waals surface area contributed by atoms with Crippen LogP contribution in [0.1, 0.15) is 24.1 Å². The summed E-state index contributed by atoms with van der Waals surface area (Å²) in [5.74, 6) is 0.702. The summed E-state index contributed by atoms with van der Waals surface area (Å²) in [6.07, 6.45) is 0. The molecule has 0 radical (unpaired) electrons. The first-order valence-corrected chi connectivity index (χ1v) is 12.0. The SMILES string of the molecule is COc1ccc(C)cc1C(C)NC(=O)N1CCN(S(=O)(=O)c2cc(Cl)ccc2Cl)CC1. The number of carbonyl (C=O) groups is 1. The number of methoxy groups -OCH3 is 1. The van der Waals surface area contributed by atoms with E-state index in [0.29, 0.717) is 10.8 Å². The average molecular weight is 486 g/mol. The summed E-state index contributed by atoms with van der Waals surface area (Å²) >= 11 is 12.0. The quantitative estimate of drug-likeness (QED) is 0.691. The molecule has 1 atom stereocenters. The Balaban J connectivity index is 1.65. The van der Waals surface area contributed by atoms with Gasteiger partial charge in [-0.1, -0.05) is 40.9 Å². The lowest BCUT2D eigenvalue weighted by Gasteiger charge is -2.34. The average Bonchev–Trinajstić information content (AvgIpc) is 2.75. The van der Waals surface area contributed by atoms with Crippen molar-refractivity contribution in [2.24, 2.45) is 0 Å². The first-order chi connectivity index (χ1) is 14.6. The molecule has 1 unspecified atom stereocenters. The van der Waals surface area contributed by atoms with E-state index < -0.39 is 10.0 Å². The van der Waals surface area contributed by atoms with Gasteiger partial charge in [0.05, 0.1) is 18.2 Å². The number of nitrogens with zero attached hydrogens (tertiary/aromatic N) is 2. The summed E-state index contributed by atoms with van der Waals surface area (Å²) in [4.78, 5) is 14.3. The normalized spacial score (nSPS) is 16.1. The van der Waals surface area contributed by atoms with Crippen LogP contribution in [0, 0.1) is 6.92 Å². The van der Waals surface area contributed by atoms with Gasteiger partial charge in [0.15, 0.2) is 0 Å². The molecule has 1 N–H and O–H groups in total. The number of amides is 2. The van der Waals surface area contributed by atoms with Crippen molar-refractivity contribution < 1.29 is 17.9 Å². The molecule has 1 aliphatic rings. The second-order valence-corrected chi connectivity index (χ2v) is 10.1. The lowest BCUT2D eigenvalue weighted by molar-refractivity contribution is 0.169. The van der Waals surface area contributed by atoms with Gasteiger partial charge >= 0.3 is 6.03 Å². The third-order valence-electron chi connectivity index (χ3n) is 5.23. The minimum absolute atomic E-state index is 0.0280. The molecule has 2 amide bonds. The molecule has 2 aromatic carbocycles. The Morgan fingerprint density at radius 1 is 1.10 bits per heavy atom. The van der Waals surface area contributed by atoms with Crippen LogP contribution in [-0.4, -0.2) is 56.9 Å². The van der Waals surface area contributed by atoms with Gasteiger partial charge in [0, 0.05) is 36.8 Å². The van der Waals surface area contributed by atoms with Gasteiger partial charge in [-0.2, -0.15) is 4.31 Å². The van der Waals surface area contributed by atoms with Crippen molar-refractivity contribution in [1.29, 1.82) is 0 Å². The van der Waals surface area contributed by atoms with Gasteiger partial charge in [-0.05, 0) is 38.1 Å². The molecule has 0 bridgehead atoms. The third kappa shape index (κ3) is 5.26. The van der Waals surface area contributed by atoms with Gasteiger partial charge in [-0.3, -0.25) is 0 Å². The van der Waals surface area contributed by atoms with Gasteiger partial charge in [-0.15, -0.1) is 0 Å². The Labute approximate surface area is 192 Å². The van der Waals surface area contributed by atoms with E-state index in [9.17, 15) is 13.2 Å². The van der Waals surface area contributed by atoms with Crippen molar-refractivity contribution in [3.05, 3.63) is 57.6 Å². The number of aryl methyl sites for hydroxylation is 1. The van der Waals surface area contributed by atoms with Crippen molar-refractivity contribution in [2.75, 3.05) is 33.3 Å². The molecule has 3 rings (SSSR count). The van der Waals surface area contributed by atoms with Crippen molar-refractivity contribution in [3.63, 3.8) is 0 Å². The molecule has 7 nitrogen and oxygen atoms in total. The van der Waals surface area contributed by atoms with E-state index in [2.05, 4.69) is 5.32 Å². The molecule has 0 aliphatic carbocycles. The zero-order chi connectivity index (χ0) is 22.8. The highest BCUT2D eigenvalue weighted by atomic mass is 35.5. The summed E-state index contributed by atoms with van der Waals surface area (Å²) in [6, 6.07) is 9.61. The van der Waals surface area contributed by atoms with Crippen molar-refractivity contribution in [1.82, 2.24) is 14.5 Å². The van der Waals surface area contributed by atoms with Crippen LogP contribution >= 0.6 is 23.2 Å². The largest absolute Gasteiger partial charge is 0.496 e. The summed E-state index contributed by atoms with van der Waals surface area (Å²) in [7, 11) is -2.21. The second-order valence-electron chi connectivity index (χ2n) is 7.38. The molecule has 31 heavy (non-hydrogen) atoms. The number of piperazine rings is 1. The zero-order valence-corrected chi connectivity index (χ0v) is 19.9. The number of sulfonamides is 1. The number of hydrogen-bond acceptors (Lipinski definition) is 4. The van der Waals surface area contributed by atoms with E-state index in [1.807, 2.05) is 32.0 Å². The van der Waals surface area contributed by atoms with Gasteiger partial charge in [0.25, 0.3) is 0 Å². The van der Waals surface area contributed by atoms with E-state index in [0.717, 1.165) is 11.1 Å². The molecular formula is C21H25Cl2N3O4S. The topological polar surface area (TPSA) is 79.0 Å². The highest BCUT2D eigenvalue weighted by Gasteiger charge is 2.32. The fourth-order valence-corrected chi connectivity index (χ4v) is 5.65. The van der Waals surface area contributed by atoms with E-state index >= 15 is 0 Å². The van der Waals surface area contributed by atoms with Crippen LogP contribution in [0.2, 0.25) is 10.0 Å². The van der Waals surface area contributed by atoms with Gasteiger partial charge < -0.3 is 15.0 Å². The molecule has 2 aromatic rings. The highest BCUT2D eigenvalue weighted by Crippen LogP contribution is 2.29. The highest BCUT2D eigenvalue weighted by molar-refractivity contribution is 7.89. The molecule has 1 aliphatic heterocycles. The lowest BCUT2D eigenvalue weighted by atomic mass is 10.0. The predicted octanol–water partition coefficient (Wildman–Crippen LogP) is 4.09. The maximum Gasteiger partial charge on any atom is 0.317 e. The van der Waals surface area contributed by atoms with E-state index in [4.69, 9.17) is 27.9 Å². The van der Waals surface area contributed by atoms with Gasteiger partial charge in [-0.25, -0.2) is 13.2 Å². The van der Waals surface area contributed by atoms with Crippen LogP contribution in [0.4, 0.5) is 4.79 Å². The molecule has 10 heteroatoms. The van der Waals surface area contributed by atoms with Gasteiger partial charge in [0.2, 0.25) is 10.0 Å². The Morgan fingerprint density at radius 3 is 2.42 bits per heavy atom. The van der Waals surface area contributed by atoms with Crippen molar-refractivity contribution >= 4 is 39.3 Å². The molecule has 168 valence electrons. The maximum absolute atomic E-state index is 13.0. The van der Waals surface area contributed by atoms with Crippen LogP contribution in [0.25, 0.3) is 0 Å². The molecule has 0 aromatic heterocycles. The molecule has 1 fully saturated rings. The fourth-order valence-electron chi connectivity index (χ4n) is 3.49. The number of hydrogen-bond donors (Lipinski definition) is 1. The second kappa shape index (κ2) is 9.65. The molecular weight excluding hydrogens is 461 g/mol. The standard InChI is InChI=1S/C21H25Cl2N3O4S/c1-14-4-7-19(30-3)17(12-14)15(2)24-21(27)25-8-10-26(11-9-25)31(28,29)20-13-16(22)5-6-18(20)23/h4-7,12-13,15H,8-11H2,1-3H3,(H,24,27). The molecule has 1 heterocycles. The summed E-state index contributed by atoms with van der Waals surface area (Å²) in [6.45, 7) is 4.73. The lowest BCUT2D eigenvalue weighted by Crippen LogP contribution is -2.53. The van der Waals surface area contributed by atoms with Crippen LogP contribution in [0.5, 0.6) is 5.75 Å². The Bertz CT molecular complexity index is 1070. The Kier molecular flexibility index (Phi) is 7.36. The number of ether oxygens (including phenoxy) is 1. The van der Waals surface area contributed by atoms with Crippen LogP contribution < -0.4 is 10.1 Å². The smallest absolute Gasteiger partial charge is 0.317 e. The molecule has 0 spiro atoms. The van der Waals surface area contributed by atoms with Crippen molar-refractivity contribution in [3.8, 4) is 5.75 Å². The monoisotopic (exact) mass is 485 g/mol. The summed E-state index contributed by atoms with van der Waals surface area (Å²) in [5.41, 5.74) is 1.95. The number of carbonyl (C=O) groups excluding carboxylic acids is 1. The first-order valence-electron chi connectivity index (χ1n) is 9.78. The van der Waals surface area contributed by atoms with Crippen LogP contribution in [0.15, 0.2) is 41.3 Å². The van der Waals surface area contributed by atoms with Crippen LogP contribution in [0.3, 0.4) is 0 Å². The third-order valence-corrected chi connectivity index (χ3v) is 7.84. The van der Waals surface area contributed by atoms with Gasteiger partial charge in [0.1, 0.15) is 10.6 Å². The zero-order valence-electron chi connectivity index (χ0n) is 17.6. The number of urea groups is 1. The number of benzene rings is 2. The number of nitrogens with one attached hydrogen (secondary N) is 1. The molecule has 0 saturated carbocycles. The summed E-state index contributed by atoms with van der Waals surface area (Å²) < 4.78 is 32.6. The Hall–Kier alpha value is -2.00. The minimum atomic E-state index is -3.80. The van der Waals surface area contributed by atoms with E-state index in [1.54, 1.807) is 12.0 Å². The van der Waals surface area contributed by atoms with E-state index in [-0.39, 0.29) is 48.2 Å². The minimum Gasteiger partial charge on any atom is -0.496 e. The summed E-state index contributed by atoms with van der Waals surface area (Å²) in [5, 5.41) is 3.38. The first kappa shape index (κ1) is 23.7. The fraction of sp³-hybridized carbons (Fsp3) is 0.381. The van der Waals surface area contributed by atoms with Crippen LogP contribution in [-0.2, 0) is 10.0 Å². The number of halogens is 2. The maximum atomic E-state index is 13.0. The molecule has 1 saturated heterocycles. The predicted molar refractivity (Wildman–Crippen MR) is 121 cm³/mol. The van der Waals surface area contributed by atoms with Crippen molar-refractivity contribution in [2.45, 2.75) is 24.8 Å². The van der Waals surface area contributed by atoms with E-state index in [1.165, 1.54) is 22.5 Å². The Morgan fingerprint density at radius 2 is 1.77 bits per heavy atom. The number of rotatable bonds is 5.